The Labute approximate surface area is 123 Å². The lowest BCUT2D eigenvalue weighted by Crippen LogP contribution is -2.45. The lowest BCUT2D eigenvalue weighted by atomic mass is 9.99. The van der Waals surface area contributed by atoms with Gasteiger partial charge in [-0.3, -0.25) is 9.59 Å². The maximum atomic E-state index is 12.2. The van der Waals surface area contributed by atoms with Gasteiger partial charge in [-0.1, -0.05) is 12.1 Å². The molecule has 0 fully saturated rings. The summed E-state index contributed by atoms with van der Waals surface area (Å²) in [6.45, 7) is 3.91. The first-order chi connectivity index (χ1) is 10.1. The van der Waals surface area contributed by atoms with Crippen molar-refractivity contribution in [2.45, 2.75) is 19.9 Å². The van der Waals surface area contributed by atoms with Gasteiger partial charge in [-0.2, -0.15) is 0 Å². The third-order valence-electron chi connectivity index (χ3n) is 3.54. The molecule has 112 valence electrons. The maximum Gasteiger partial charge on any atom is 0.327 e. The molecule has 1 aromatic rings. The fourth-order valence-corrected chi connectivity index (χ4v) is 2.57. The molecular weight excluding hydrogens is 270 g/mol. The van der Waals surface area contributed by atoms with E-state index in [-0.39, 0.29) is 19.3 Å². The van der Waals surface area contributed by atoms with E-state index in [2.05, 4.69) is 0 Å². The highest BCUT2D eigenvalue weighted by Gasteiger charge is 2.43. The summed E-state index contributed by atoms with van der Waals surface area (Å²) in [5.74, 6) is -2.06. The van der Waals surface area contributed by atoms with Crippen molar-refractivity contribution in [3.05, 3.63) is 34.8 Å². The average Bonchev–Trinajstić information content (AvgIpc) is 2.78. The first kappa shape index (κ1) is 15.2. The summed E-state index contributed by atoms with van der Waals surface area (Å²) in [6.07, 6.45) is 1.91. The second-order valence-electron chi connectivity index (χ2n) is 4.81. The largest absolute Gasteiger partial charge is 0.465 e. The van der Waals surface area contributed by atoms with Crippen molar-refractivity contribution < 1.29 is 19.1 Å². The van der Waals surface area contributed by atoms with Crippen LogP contribution in [-0.2, 0) is 19.1 Å². The third-order valence-corrected chi connectivity index (χ3v) is 3.54. The summed E-state index contributed by atoms with van der Waals surface area (Å²) in [4.78, 5) is 24.3. The number of rotatable bonds is 5. The van der Waals surface area contributed by atoms with Crippen molar-refractivity contribution in [1.29, 1.82) is 0 Å². The lowest BCUT2D eigenvalue weighted by molar-refractivity contribution is -0.162. The molecule has 0 amide bonds. The first-order valence-electron chi connectivity index (χ1n) is 7.10. The second kappa shape index (κ2) is 6.52. The van der Waals surface area contributed by atoms with Crippen LogP contribution in [0.1, 0.15) is 13.8 Å². The van der Waals surface area contributed by atoms with Crippen LogP contribution in [-0.4, -0.2) is 38.2 Å². The summed E-state index contributed by atoms with van der Waals surface area (Å²) < 4.78 is 12.0. The van der Waals surface area contributed by atoms with Gasteiger partial charge in [0.1, 0.15) is 7.05 Å². The zero-order chi connectivity index (χ0) is 15.4. The standard InChI is InChI=1S/C16H20NO4/c1-4-20-15(18)14(16(19)21-5-2)13-10-11-8-6-7-9-12(11)17(13)3/h6-10,13-14H,4-5H2,1-3H3/q+1. The minimum atomic E-state index is -0.970. The van der Waals surface area contributed by atoms with E-state index in [0.717, 1.165) is 10.6 Å². The van der Waals surface area contributed by atoms with Crippen molar-refractivity contribution in [1.82, 2.24) is 4.58 Å². The van der Waals surface area contributed by atoms with Crippen LogP contribution in [0.5, 0.6) is 0 Å². The van der Waals surface area contributed by atoms with Gasteiger partial charge in [-0.05, 0) is 26.0 Å². The molecule has 1 heterocycles. The molecule has 21 heavy (non-hydrogen) atoms. The summed E-state index contributed by atoms with van der Waals surface area (Å²) >= 11 is 0. The maximum absolute atomic E-state index is 12.2. The second-order valence-corrected chi connectivity index (χ2v) is 4.81. The van der Waals surface area contributed by atoms with Gasteiger partial charge < -0.3 is 9.47 Å². The van der Waals surface area contributed by atoms with Crippen molar-refractivity contribution in [2.24, 2.45) is 5.92 Å². The molecule has 1 unspecified atom stereocenters. The summed E-state index contributed by atoms with van der Waals surface area (Å²) in [5.41, 5.74) is 0. The van der Waals surface area contributed by atoms with Crippen molar-refractivity contribution >= 4 is 18.0 Å². The first-order valence-corrected chi connectivity index (χ1v) is 7.10. The molecule has 5 nitrogen and oxygen atoms in total. The molecule has 2 rings (SSSR count). The summed E-state index contributed by atoms with van der Waals surface area (Å²) in [7, 11) is 1.86. The van der Waals surface area contributed by atoms with E-state index in [0.29, 0.717) is 0 Å². The molecule has 1 aliphatic rings. The zero-order valence-corrected chi connectivity index (χ0v) is 12.5. The van der Waals surface area contributed by atoms with Gasteiger partial charge in [0.2, 0.25) is 11.3 Å². The van der Waals surface area contributed by atoms with Gasteiger partial charge >= 0.3 is 11.9 Å². The smallest absolute Gasteiger partial charge is 0.327 e. The quantitative estimate of drug-likeness (QED) is 0.425. The predicted molar refractivity (Wildman–Crippen MR) is 77.9 cm³/mol. The van der Waals surface area contributed by atoms with E-state index in [4.69, 9.17) is 9.47 Å². The van der Waals surface area contributed by atoms with Crippen LogP contribution in [0.4, 0.5) is 0 Å². The Morgan fingerprint density at radius 2 is 1.71 bits per heavy atom. The number of para-hydroxylation sites is 1. The highest BCUT2D eigenvalue weighted by Crippen LogP contribution is 2.14. The average molecular weight is 290 g/mol. The minimum absolute atomic E-state index is 0.234. The van der Waals surface area contributed by atoms with Crippen LogP contribution in [0.25, 0.3) is 6.08 Å². The Bertz CT molecular complexity index is 647. The topological polar surface area (TPSA) is 55.6 Å². The number of ether oxygens (including phenoxy) is 2. The molecule has 0 radical (unpaired) electrons. The van der Waals surface area contributed by atoms with Gasteiger partial charge in [-0.25, -0.2) is 4.58 Å². The number of nitrogens with zero attached hydrogens (tertiary/aromatic N) is 1. The number of esters is 2. The predicted octanol–water partition coefficient (Wildman–Crippen LogP) is -0.287. The normalized spacial score (nSPS) is 16.4. The van der Waals surface area contributed by atoms with E-state index in [1.54, 1.807) is 13.8 Å². The Kier molecular flexibility index (Phi) is 4.73. The third kappa shape index (κ3) is 2.96. The number of carbonyl (C=O) groups is 2. The van der Waals surface area contributed by atoms with Crippen molar-refractivity contribution in [2.75, 3.05) is 20.3 Å². The molecule has 0 saturated heterocycles. The summed E-state index contributed by atoms with van der Waals surface area (Å²) in [5, 5.41) is 1.99. The molecular formula is C16H20NO4+. The summed E-state index contributed by atoms with van der Waals surface area (Å²) in [6, 6.07) is 7.38. The number of benzene rings is 1. The molecule has 0 saturated carbocycles. The van der Waals surface area contributed by atoms with Gasteiger partial charge in [0, 0.05) is 11.3 Å². The van der Waals surface area contributed by atoms with Crippen LogP contribution in [0.2, 0.25) is 0 Å². The Balaban J connectivity index is 2.41. The van der Waals surface area contributed by atoms with Gasteiger partial charge in [0.05, 0.1) is 13.2 Å². The molecule has 0 aliphatic carbocycles. The van der Waals surface area contributed by atoms with Crippen molar-refractivity contribution in [3.8, 4) is 0 Å². The highest BCUT2D eigenvalue weighted by molar-refractivity contribution is 5.97. The van der Waals surface area contributed by atoms with Crippen LogP contribution < -0.4 is 15.2 Å². The van der Waals surface area contributed by atoms with Crippen LogP contribution >= 0.6 is 0 Å². The lowest BCUT2D eigenvalue weighted by Gasteiger charge is -2.16. The number of hydrogen-bond acceptors (Lipinski definition) is 4. The zero-order valence-electron chi connectivity index (χ0n) is 12.5. The molecule has 1 aliphatic heterocycles. The number of fused-ring (bicyclic) bond motifs is 1. The van der Waals surface area contributed by atoms with Crippen LogP contribution in [0.15, 0.2) is 24.3 Å². The van der Waals surface area contributed by atoms with E-state index < -0.39 is 17.9 Å². The van der Waals surface area contributed by atoms with Crippen LogP contribution in [0, 0.1) is 5.92 Å². The molecule has 0 N–H and O–H groups in total. The number of hydrogen-bond donors (Lipinski definition) is 0. The Morgan fingerprint density at radius 3 is 2.24 bits per heavy atom. The fraction of sp³-hybridized carbons (Fsp3) is 0.438. The Hall–Kier alpha value is -2.17. The van der Waals surface area contributed by atoms with E-state index in [1.807, 2.05) is 42.0 Å². The SMILES string of the molecule is CCOC(=O)C(C(=O)OCC)C1C=c2ccccc2=[N+]1C. The minimum Gasteiger partial charge on any atom is -0.465 e. The molecule has 0 spiro atoms. The fourth-order valence-electron chi connectivity index (χ4n) is 2.57. The van der Waals surface area contributed by atoms with E-state index in [1.165, 1.54) is 0 Å². The van der Waals surface area contributed by atoms with Gasteiger partial charge in [-0.15, -0.1) is 0 Å². The number of carbonyl (C=O) groups excluding carboxylic acids is 2. The Morgan fingerprint density at radius 1 is 1.14 bits per heavy atom. The molecule has 0 bridgehead atoms. The van der Waals surface area contributed by atoms with Gasteiger partial charge in [0.15, 0.2) is 6.04 Å². The van der Waals surface area contributed by atoms with Gasteiger partial charge in [0.25, 0.3) is 0 Å². The van der Waals surface area contributed by atoms with E-state index in [9.17, 15) is 9.59 Å². The molecule has 5 heteroatoms. The highest BCUT2D eigenvalue weighted by atomic mass is 16.6. The molecule has 1 aromatic carbocycles. The van der Waals surface area contributed by atoms with Crippen molar-refractivity contribution in [3.63, 3.8) is 0 Å². The van der Waals surface area contributed by atoms with E-state index >= 15 is 0 Å². The monoisotopic (exact) mass is 290 g/mol. The molecule has 1 atom stereocenters. The van der Waals surface area contributed by atoms with Crippen LogP contribution in [0.3, 0.4) is 0 Å². The molecule has 0 aromatic heterocycles.